The Labute approximate surface area is 150 Å². The molecule has 2 fully saturated rings. The average molecular weight is 346 g/mol. The van der Waals surface area contributed by atoms with Crippen molar-refractivity contribution in [3.8, 4) is 0 Å². The Morgan fingerprint density at radius 1 is 1.24 bits per heavy atom. The van der Waals surface area contributed by atoms with E-state index in [2.05, 4.69) is 15.5 Å². The Hall–Kier alpha value is -1.95. The molecule has 3 rings (SSSR count). The van der Waals surface area contributed by atoms with E-state index in [4.69, 9.17) is 10.5 Å². The highest BCUT2D eigenvalue weighted by Crippen LogP contribution is 2.32. The molecule has 0 aromatic heterocycles. The van der Waals surface area contributed by atoms with Gasteiger partial charge in [0.05, 0.1) is 11.4 Å². The summed E-state index contributed by atoms with van der Waals surface area (Å²) >= 11 is 0. The summed E-state index contributed by atoms with van der Waals surface area (Å²) in [5.74, 6) is 0. The molecule has 0 spiro atoms. The number of piperidine rings is 1. The molecule has 2 saturated heterocycles. The third-order valence-corrected chi connectivity index (χ3v) is 4.90. The van der Waals surface area contributed by atoms with Crippen molar-refractivity contribution in [3.05, 3.63) is 18.2 Å². The number of ether oxygens (including phenoxy) is 1. The van der Waals surface area contributed by atoms with E-state index in [0.29, 0.717) is 23.5 Å². The van der Waals surface area contributed by atoms with E-state index < -0.39 is 11.7 Å². The van der Waals surface area contributed by atoms with E-state index in [-0.39, 0.29) is 0 Å². The predicted molar refractivity (Wildman–Crippen MR) is 102 cm³/mol. The van der Waals surface area contributed by atoms with Crippen LogP contribution in [0.4, 0.5) is 21.9 Å². The van der Waals surface area contributed by atoms with Crippen molar-refractivity contribution in [3.63, 3.8) is 0 Å². The number of hydrogen-bond donors (Lipinski definition) is 3. The molecule has 2 unspecified atom stereocenters. The Morgan fingerprint density at radius 2 is 2.04 bits per heavy atom. The van der Waals surface area contributed by atoms with Gasteiger partial charge in [0.2, 0.25) is 0 Å². The van der Waals surface area contributed by atoms with Crippen LogP contribution >= 0.6 is 0 Å². The fourth-order valence-electron chi connectivity index (χ4n) is 3.80. The number of nitrogens with one attached hydrogen (secondary N) is 2. The first-order chi connectivity index (χ1) is 11.8. The van der Waals surface area contributed by atoms with Crippen molar-refractivity contribution >= 4 is 23.2 Å². The largest absolute Gasteiger partial charge is 0.444 e. The molecule has 25 heavy (non-hydrogen) atoms. The number of carbonyl (C=O) groups is 1. The molecule has 0 radical (unpaired) electrons. The number of nitrogens with zero attached hydrogens (tertiary/aromatic N) is 1. The number of nitrogen functional groups attached to an aromatic ring is 1. The number of amides is 1. The van der Waals surface area contributed by atoms with Crippen LogP contribution in [0.1, 0.15) is 46.5 Å². The number of hydrogen-bond acceptors (Lipinski definition) is 5. The second-order valence-corrected chi connectivity index (χ2v) is 8.07. The highest BCUT2D eigenvalue weighted by Gasteiger charge is 2.35. The molecule has 1 amide bonds. The lowest BCUT2D eigenvalue weighted by atomic mass is 9.98. The molecule has 0 bridgehead atoms. The summed E-state index contributed by atoms with van der Waals surface area (Å²) in [5.41, 5.74) is 7.89. The average Bonchev–Trinajstić information content (AvgIpc) is 2.92. The van der Waals surface area contributed by atoms with Crippen LogP contribution < -0.4 is 16.4 Å². The Balaban J connectivity index is 1.66. The zero-order valence-corrected chi connectivity index (χ0v) is 15.5. The van der Waals surface area contributed by atoms with Crippen molar-refractivity contribution in [2.75, 3.05) is 29.5 Å². The van der Waals surface area contributed by atoms with Gasteiger partial charge in [-0.2, -0.15) is 0 Å². The number of rotatable bonds is 3. The fourth-order valence-corrected chi connectivity index (χ4v) is 3.80. The van der Waals surface area contributed by atoms with Crippen LogP contribution in [0, 0.1) is 0 Å². The monoisotopic (exact) mass is 346 g/mol. The van der Waals surface area contributed by atoms with Crippen molar-refractivity contribution in [2.45, 2.75) is 64.1 Å². The predicted octanol–water partition coefficient (Wildman–Crippen LogP) is 3.65. The SMILES string of the molecule is CC(C)(C)OC(=O)Nc1ccc(N)c(NC2CCN3CCCCC23)c1. The van der Waals surface area contributed by atoms with Crippen molar-refractivity contribution in [2.24, 2.45) is 0 Å². The number of carbonyl (C=O) groups excluding carboxylic acids is 1. The van der Waals surface area contributed by atoms with Crippen LogP contribution in [-0.4, -0.2) is 41.8 Å². The second-order valence-electron chi connectivity index (χ2n) is 8.07. The summed E-state index contributed by atoms with van der Waals surface area (Å²) in [6.45, 7) is 7.90. The summed E-state index contributed by atoms with van der Waals surface area (Å²) in [4.78, 5) is 14.5. The molecule has 2 aliphatic heterocycles. The highest BCUT2D eigenvalue weighted by atomic mass is 16.6. The van der Waals surface area contributed by atoms with E-state index in [1.165, 1.54) is 25.8 Å². The maximum atomic E-state index is 12.0. The van der Waals surface area contributed by atoms with E-state index in [1.807, 2.05) is 32.9 Å². The summed E-state index contributed by atoms with van der Waals surface area (Å²) < 4.78 is 5.31. The topological polar surface area (TPSA) is 79.6 Å². The molecule has 6 heteroatoms. The van der Waals surface area contributed by atoms with Crippen molar-refractivity contribution < 1.29 is 9.53 Å². The summed E-state index contributed by atoms with van der Waals surface area (Å²) in [6.07, 6.45) is 4.53. The highest BCUT2D eigenvalue weighted by molar-refractivity contribution is 5.87. The minimum Gasteiger partial charge on any atom is -0.444 e. The lowest BCUT2D eigenvalue weighted by molar-refractivity contribution is 0.0636. The van der Waals surface area contributed by atoms with E-state index in [0.717, 1.165) is 18.7 Å². The third-order valence-electron chi connectivity index (χ3n) is 4.90. The molecule has 138 valence electrons. The molecular weight excluding hydrogens is 316 g/mol. The minimum absolute atomic E-state index is 0.416. The van der Waals surface area contributed by atoms with Gasteiger partial charge in [0.15, 0.2) is 0 Å². The normalized spacial score (nSPS) is 23.8. The zero-order chi connectivity index (χ0) is 18.0. The molecule has 2 aliphatic rings. The molecule has 6 nitrogen and oxygen atoms in total. The van der Waals surface area contributed by atoms with Gasteiger partial charge in [-0.15, -0.1) is 0 Å². The maximum Gasteiger partial charge on any atom is 0.412 e. The Bertz CT molecular complexity index is 626. The Morgan fingerprint density at radius 3 is 2.80 bits per heavy atom. The van der Waals surface area contributed by atoms with Crippen LogP contribution in [0.25, 0.3) is 0 Å². The molecule has 0 saturated carbocycles. The first-order valence-electron chi connectivity index (χ1n) is 9.22. The van der Waals surface area contributed by atoms with Gasteiger partial charge >= 0.3 is 6.09 Å². The minimum atomic E-state index is -0.521. The summed E-state index contributed by atoms with van der Waals surface area (Å²) in [5, 5.41) is 6.39. The fraction of sp³-hybridized carbons (Fsp3) is 0.632. The van der Waals surface area contributed by atoms with Crippen molar-refractivity contribution in [1.82, 2.24) is 4.90 Å². The van der Waals surface area contributed by atoms with E-state index >= 15 is 0 Å². The van der Waals surface area contributed by atoms with E-state index in [1.54, 1.807) is 6.07 Å². The first kappa shape index (κ1) is 17.9. The van der Waals surface area contributed by atoms with Gasteiger partial charge < -0.3 is 15.8 Å². The van der Waals surface area contributed by atoms with Gasteiger partial charge in [-0.25, -0.2) is 4.79 Å². The number of fused-ring (bicyclic) bond motifs is 1. The number of anilines is 3. The molecule has 1 aromatic rings. The lowest BCUT2D eigenvalue weighted by Gasteiger charge is -2.33. The third kappa shape index (κ3) is 4.57. The van der Waals surface area contributed by atoms with Crippen LogP contribution in [0.5, 0.6) is 0 Å². The van der Waals surface area contributed by atoms with Gasteiger partial charge in [-0.3, -0.25) is 10.2 Å². The summed E-state index contributed by atoms with van der Waals surface area (Å²) in [7, 11) is 0. The van der Waals surface area contributed by atoms with Gasteiger partial charge in [-0.05, 0) is 64.8 Å². The number of nitrogens with two attached hydrogens (primary N) is 1. The van der Waals surface area contributed by atoms with Crippen LogP contribution in [0.3, 0.4) is 0 Å². The van der Waals surface area contributed by atoms with Gasteiger partial charge in [-0.1, -0.05) is 6.42 Å². The second kappa shape index (κ2) is 7.12. The Kier molecular flexibility index (Phi) is 5.08. The lowest BCUT2D eigenvalue weighted by Crippen LogP contribution is -2.41. The van der Waals surface area contributed by atoms with Crippen LogP contribution in [-0.2, 0) is 4.74 Å². The van der Waals surface area contributed by atoms with E-state index in [9.17, 15) is 4.79 Å². The van der Waals surface area contributed by atoms with Gasteiger partial charge in [0.1, 0.15) is 5.60 Å². The molecule has 0 aliphatic carbocycles. The smallest absolute Gasteiger partial charge is 0.412 e. The molecule has 1 aromatic carbocycles. The molecule has 2 heterocycles. The van der Waals surface area contributed by atoms with Crippen LogP contribution in [0.15, 0.2) is 18.2 Å². The quantitative estimate of drug-likeness (QED) is 0.728. The summed E-state index contributed by atoms with van der Waals surface area (Å²) in [6, 6.07) is 6.52. The van der Waals surface area contributed by atoms with Crippen molar-refractivity contribution in [1.29, 1.82) is 0 Å². The van der Waals surface area contributed by atoms with Gasteiger partial charge in [0.25, 0.3) is 0 Å². The maximum absolute atomic E-state index is 12.0. The van der Waals surface area contributed by atoms with Crippen LogP contribution in [0.2, 0.25) is 0 Å². The molecule has 2 atom stereocenters. The zero-order valence-electron chi connectivity index (χ0n) is 15.5. The first-order valence-corrected chi connectivity index (χ1v) is 9.22. The number of benzene rings is 1. The molecular formula is C19H30N4O2. The standard InChI is InChI=1S/C19H30N4O2/c1-19(2,3)25-18(24)21-13-7-8-14(20)16(12-13)22-15-9-11-23-10-5-4-6-17(15)23/h7-8,12,15,17,22H,4-6,9-11,20H2,1-3H3,(H,21,24). The molecule has 4 N–H and O–H groups in total. The van der Waals surface area contributed by atoms with Gasteiger partial charge in [0, 0.05) is 24.3 Å².